The Morgan fingerprint density at radius 2 is 2.35 bits per heavy atom. The van der Waals surface area contributed by atoms with E-state index in [1.54, 1.807) is 28.2 Å². The molecule has 2 rings (SSSR count). The molecule has 1 atom stereocenters. The topological polar surface area (TPSA) is 73.7 Å². The fourth-order valence-corrected chi connectivity index (χ4v) is 2.99. The molecule has 2 heterocycles. The van der Waals surface area contributed by atoms with Gasteiger partial charge in [0.15, 0.2) is 0 Å². The fourth-order valence-electron chi connectivity index (χ4n) is 2.39. The molecule has 2 amide bonds. The lowest BCUT2D eigenvalue weighted by atomic mass is 9.99. The van der Waals surface area contributed by atoms with Crippen molar-refractivity contribution >= 4 is 23.3 Å². The molecular weight excluding hydrogens is 278 g/mol. The van der Waals surface area contributed by atoms with Gasteiger partial charge in [0, 0.05) is 25.5 Å². The number of hydrogen-bond acceptors (Lipinski definition) is 4. The molecular formula is C13H19N3O3S. The zero-order valence-electron chi connectivity index (χ0n) is 11.7. The number of aliphatic carboxylic acids is 1. The molecule has 1 N–H and O–H groups in total. The van der Waals surface area contributed by atoms with Crippen molar-refractivity contribution in [3.63, 3.8) is 0 Å². The first-order chi connectivity index (χ1) is 9.47. The summed E-state index contributed by atoms with van der Waals surface area (Å²) < 4.78 is 0. The van der Waals surface area contributed by atoms with Crippen molar-refractivity contribution in [2.75, 3.05) is 20.1 Å². The summed E-state index contributed by atoms with van der Waals surface area (Å²) in [5.74, 6) is -1.26. The number of piperidine rings is 1. The van der Waals surface area contributed by atoms with E-state index >= 15 is 0 Å². The number of nitrogens with zero attached hydrogens (tertiary/aromatic N) is 3. The maximum atomic E-state index is 12.3. The summed E-state index contributed by atoms with van der Waals surface area (Å²) in [4.78, 5) is 30.9. The quantitative estimate of drug-likeness (QED) is 0.923. The monoisotopic (exact) mass is 297 g/mol. The molecule has 7 heteroatoms. The first kappa shape index (κ1) is 14.8. The Balaban J connectivity index is 1.94. The number of likely N-dealkylation sites (tertiary alicyclic amines) is 1. The van der Waals surface area contributed by atoms with Crippen LogP contribution in [0, 0.1) is 12.8 Å². The summed E-state index contributed by atoms with van der Waals surface area (Å²) in [7, 11) is 1.72. The van der Waals surface area contributed by atoms with Crippen LogP contribution in [0.1, 0.15) is 23.5 Å². The van der Waals surface area contributed by atoms with Crippen LogP contribution in [-0.4, -0.2) is 52.0 Å². The van der Waals surface area contributed by atoms with Crippen LogP contribution < -0.4 is 0 Å². The van der Waals surface area contributed by atoms with Gasteiger partial charge in [-0.2, -0.15) is 0 Å². The predicted octanol–water partition coefficient (Wildman–Crippen LogP) is 1.80. The highest BCUT2D eigenvalue weighted by Crippen LogP contribution is 2.18. The lowest BCUT2D eigenvalue weighted by Gasteiger charge is -2.33. The minimum Gasteiger partial charge on any atom is -0.481 e. The van der Waals surface area contributed by atoms with Gasteiger partial charge in [-0.3, -0.25) is 4.79 Å². The van der Waals surface area contributed by atoms with Gasteiger partial charge in [-0.1, -0.05) is 0 Å². The van der Waals surface area contributed by atoms with E-state index in [0.717, 1.165) is 17.1 Å². The summed E-state index contributed by atoms with van der Waals surface area (Å²) in [6.07, 6.45) is 1.39. The van der Waals surface area contributed by atoms with Crippen LogP contribution >= 0.6 is 11.3 Å². The number of amides is 2. The molecule has 1 aromatic rings. The Kier molecular flexibility index (Phi) is 4.59. The van der Waals surface area contributed by atoms with Gasteiger partial charge < -0.3 is 14.9 Å². The molecule has 0 saturated carbocycles. The normalized spacial score (nSPS) is 18.9. The summed E-state index contributed by atoms with van der Waals surface area (Å²) in [6, 6.07) is -0.124. The van der Waals surface area contributed by atoms with Crippen LogP contribution in [0.3, 0.4) is 0 Å². The van der Waals surface area contributed by atoms with E-state index in [2.05, 4.69) is 4.98 Å². The lowest BCUT2D eigenvalue weighted by molar-refractivity contribution is -0.143. The van der Waals surface area contributed by atoms with Crippen molar-refractivity contribution in [3.05, 3.63) is 16.1 Å². The average molecular weight is 297 g/mol. The first-order valence-electron chi connectivity index (χ1n) is 6.61. The highest BCUT2D eigenvalue weighted by Gasteiger charge is 2.29. The minimum absolute atomic E-state index is 0.124. The van der Waals surface area contributed by atoms with E-state index in [1.165, 1.54) is 0 Å². The molecule has 6 nitrogen and oxygen atoms in total. The molecule has 0 aromatic carbocycles. The number of hydrogen-bond donors (Lipinski definition) is 1. The molecule has 1 saturated heterocycles. The Morgan fingerprint density at radius 1 is 1.60 bits per heavy atom. The highest BCUT2D eigenvalue weighted by atomic mass is 32.1. The molecule has 0 aliphatic carbocycles. The van der Waals surface area contributed by atoms with Crippen LogP contribution in [-0.2, 0) is 11.3 Å². The van der Waals surface area contributed by atoms with Crippen molar-refractivity contribution < 1.29 is 14.7 Å². The SMILES string of the molecule is Cc1nc(CN(C)C(=O)N2CCC[C@H](C(=O)O)C2)cs1. The van der Waals surface area contributed by atoms with E-state index < -0.39 is 11.9 Å². The van der Waals surface area contributed by atoms with Crippen LogP contribution in [0.5, 0.6) is 0 Å². The van der Waals surface area contributed by atoms with Gasteiger partial charge in [0.05, 0.1) is 23.2 Å². The van der Waals surface area contributed by atoms with Crippen molar-refractivity contribution in [2.45, 2.75) is 26.3 Å². The molecule has 1 fully saturated rings. The number of aromatic nitrogens is 1. The fraction of sp³-hybridized carbons (Fsp3) is 0.615. The molecule has 20 heavy (non-hydrogen) atoms. The molecule has 1 aliphatic heterocycles. The third kappa shape index (κ3) is 3.47. The molecule has 0 bridgehead atoms. The van der Waals surface area contributed by atoms with Gasteiger partial charge >= 0.3 is 12.0 Å². The maximum absolute atomic E-state index is 12.3. The smallest absolute Gasteiger partial charge is 0.320 e. The Morgan fingerprint density at radius 3 is 2.95 bits per heavy atom. The predicted molar refractivity (Wildman–Crippen MR) is 75.6 cm³/mol. The van der Waals surface area contributed by atoms with Crippen LogP contribution in [0.25, 0.3) is 0 Å². The number of urea groups is 1. The zero-order valence-corrected chi connectivity index (χ0v) is 12.5. The third-order valence-corrected chi connectivity index (χ3v) is 4.26. The molecule has 0 unspecified atom stereocenters. The number of thiazole rings is 1. The minimum atomic E-state index is -0.819. The Labute approximate surface area is 122 Å². The van der Waals surface area contributed by atoms with Crippen LogP contribution in [0.4, 0.5) is 4.79 Å². The zero-order chi connectivity index (χ0) is 14.7. The second-order valence-corrected chi connectivity index (χ2v) is 6.18. The molecule has 110 valence electrons. The molecule has 0 spiro atoms. The largest absolute Gasteiger partial charge is 0.481 e. The van der Waals surface area contributed by atoms with Gasteiger partial charge in [-0.25, -0.2) is 9.78 Å². The van der Waals surface area contributed by atoms with Gasteiger partial charge in [-0.15, -0.1) is 11.3 Å². The number of carbonyl (C=O) groups is 2. The van der Waals surface area contributed by atoms with Gasteiger partial charge in [-0.05, 0) is 19.8 Å². The van der Waals surface area contributed by atoms with Gasteiger partial charge in [0.25, 0.3) is 0 Å². The van der Waals surface area contributed by atoms with Crippen molar-refractivity contribution in [3.8, 4) is 0 Å². The maximum Gasteiger partial charge on any atom is 0.320 e. The first-order valence-corrected chi connectivity index (χ1v) is 7.49. The van der Waals surface area contributed by atoms with E-state index in [-0.39, 0.29) is 6.03 Å². The van der Waals surface area contributed by atoms with Gasteiger partial charge in [0.2, 0.25) is 0 Å². The number of carboxylic acid groups (broad SMARTS) is 1. The number of carbonyl (C=O) groups excluding carboxylic acids is 1. The summed E-state index contributed by atoms with van der Waals surface area (Å²) >= 11 is 1.56. The number of rotatable bonds is 3. The Bertz CT molecular complexity index is 503. The third-order valence-electron chi connectivity index (χ3n) is 3.43. The van der Waals surface area contributed by atoms with Gasteiger partial charge in [0.1, 0.15) is 0 Å². The second-order valence-electron chi connectivity index (χ2n) is 5.12. The molecule has 0 radical (unpaired) electrons. The molecule has 1 aromatic heterocycles. The van der Waals surface area contributed by atoms with Crippen molar-refractivity contribution in [2.24, 2.45) is 5.92 Å². The van der Waals surface area contributed by atoms with E-state index in [4.69, 9.17) is 5.11 Å². The van der Waals surface area contributed by atoms with Crippen LogP contribution in [0.15, 0.2) is 5.38 Å². The number of aryl methyl sites for hydroxylation is 1. The van der Waals surface area contributed by atoms with Crippen LogP contribution in [0.2, 0.25) is 0 Å². The summed E-state index contributed by atoms with van der Waals surface area (Å²) in [5, 5.41) is 12.0. The average Bonchev–Trinajstić information content (AvgIpc) is 2.83. The second kappa shape index (κ2) is 6.21. The standard InChI is InChI=1S/C13H19N3O3S/c1-9-14-11(8-20-9)7-15(2)13(19)16-5-3-4-10(6-16)12(17)18/h8,10H,3-7H2,1-2H3,(H,17,18)/t10-/m0/s1. The van der Waals surface area contributed by atoms with E-state index in [0.29, 0.717) is 26.1 Å². The highest BCUT2D eigenvalue weighted by molar-refractivity contribution is 7.09. The lowest BCUT2D eigenvalue weighted by Crippen LogP contribution is -2.47. The van der Waals surface area contributed by atoms with Crippen molar-refractivity contribution in [1.29, 1.82) is 0 Å². The van der Waals surface area contributed by atoms with E-state index in [1.807, 2.05) is 12.3 Å². The summed E-state index contributed by atoms with van der Waals surface area (Å²) in [6.45, 7) is 3.31. The Hall–Kier alpha value is -1.63. The summed E-state index contributed by atoms with van der Waals surface area (Å²) in [5.41, 5.74) is 0.871. The van der Waals surface area contributed by atoms with Crippen molar-refractivity contribution in [1.82, 2.24) is 14.8 Å². The van der Waals surface area contributed by atoms with E-state index in [9.17, 15) is 9.59 Å². The molecule has 1 aliphatic rings. The number of carboxylic acids is 1.